The van der Waals surface area contributed by atoms with Crippen molar-refractivity contribution >= 4 is 6.03 Å². The highest BCUT2D eigenvalue weighted by Crippen LogP contribution is 2.24. The molecular weight excluding hydrogens is 288 g/mol. The minimum atomic E-state index is -0.0300. The summed E-state index contributed by atoms with van der Waals surface area (Å²) in [5.41, 5.74) is 2.04. The third kappa shape index (κ3) is 3.87. The van der Waals surface area contributed by atoms with Gasteiger partial charge in [-0.3, -0.25) is 4.98 Å². The fourth-order valence-corrected chi connectivity index (χ4v) is 2.89. The molecule has 1 fully saturated rings. The first kappa shape index (κ1) is 15.5. The largest absolute Gasteiger partial charge is 0.332 e. The van der Waals surface area contributed by atoms with E-state index in [4.69, 9.17) is 0 Å². The topological polar surface area (TPSA) is 48.5 Å². The molecule has 23 heavy (non-hydrogen) atoms. The highest BCUT2D eigenvalue weighted by molar-refractivity contribution is 5.75. The zero-order chi connectivity index (χ0) is 16.1. The predicted molar refractivity (Wildman–Crippen MR) is 89.9 cm³/mol. The van der Waals surface area contributed by atoms with Crippen molar-refractivity contribution in [2.45, 2.75) is 12.6 Å². The lowest BCUT2D eigenvalue weighted by atomic mass is 10.0. The molecule has 1 atom stereocenters. The van der Waals surface area contributed by atoms with E-state index in [1.54, 1.807) is 6.20 Å². The molecule has 1 aliphatic rings. The number of urea groups is 1. The Morgan fingerprint density at radius 3 is 2.70 bits per heavy atom. The standard InChI is InChI=1S/C18H22N4O/c1-21-11-12-22(17(14-21)15-7-3-2-4-8-15)18(23)20-13-16-9-5-6-10-19-16/h2-10,17H,11-14H2,1H3,(H,20,23). The van der Waals surface area contributed by atoms with Gasteiger partial charge in [0, 0.05) is 25.8 Å². The van der Waals surface area contributed by atoms with Gasteiger partial charge in [0.1, 0.15) is 0 Å². The zero-order valence-electron chi connectivity index (χ0n) is 13.4. The quantitative estimate of drug-likeness (QED) is 0.946. The fraction of sp³-hybridized carbons (Fsp3) is 0.333. The minimum absolute atomic E-state index is 0.0300. The average Bonchev–Trinajstić information content (AvgIpc) is 2.61. The van der Waals surface area contributed by atoms with Crippen molar-refractivity contribution in [2.24, 2.45) is 0 Å². The highest BCUT2D eigenvalue weighted by Gasteiger charge is 2.29. The van der Waals surface area contributed by atoms with E-state index < -0.39 is 0 Å². The van der Waals surface area contributed by atoms with Crippen LogP contribution < -0.4 is 5.32 Å². The van der Waals surface area contributed by atoms with Gasteiger partial charge in [-0.2, -0.15) is 0 Å². The van der Waals surface area contributed by atoms with E-state index in [1.165, 1.54) is 5.56 Å². The van der Waals surface area contributed by atoms with Gasteiger partial charge in [-0.1, -0.05) is 36.4 Å². The van der Waals surface area contributed by atoms with E-state index in [9.17, 15) is 4.79 Å². The van der Waals surface area contributed by atoms with Crippen molar-refractivity contribution in [2.75, 3.05) is 26.7 Å². The van der Waals surface area contributed by atoms with Gasteiger partial charge >= 0.3 is 6.03 Å². The van der Waals surface area contributed by atoms with Gasteiger partial charge in [-0.05, 0) is 24.7 Å². The van der Waals surface area contributed by atoms with E-state index >= 15 is 0 Å². The van der Waals surface area contributed by atoms with Gasteiger partial charge in [0.25, 0.3) is 0 Å². The first-order chi connectivity index (χ1) is 11.2. The monoisotopic (exact) mass is 310 g/mol. The summed E-state index contributed by atoms with van der Waals surface area (Å²) in [6.45, 7) is 2.92. The van der Waals surface area contributed by atoms with Crippen LogP contribution >= 0.6 is 0 Å². The number of amides is 2. The van der Waals surface area contributed by atoms with Crippen molar-refractivity contribution in [3.05, 3.63) is 66.0 Å². The second-order valence-electron chi connectivity index (χ2n) is 5.86. The molecule has 1 aromatic heterocycles. The SMILES string of the molecule is CN1CCN(C(=O)NCc2ccccn2)C(c2ccccc2)C1. The van der Waals surface area contributed by atoms with Crippen molar-refractivity contribution in [3.8, 4) is 0 Å². The Kier molecular flexibility index (Phi) is 4.88. The van der Waals surface area contributed by atoms with Crippen LogP contribution in [-0.4, -0.2) is 47.5 Å². The smallest absolute Gasteiger partial charge is 0.318 e. The molecule has 120 valence electrons. The van der Waals surface area contributed by atoms with Crippen LogP contribution in [0.2, 0.25) is 0 Å². The van der Waals surface area contributed by atoms with E-state index in [0.717, 1.165) is 25.3 Å². The number of benzene rings is 1. The molecule has 1 unspecified atom stereocenters. The Morgan fingerprint density at radius 2 is 1.96 bits per heavy atom. The van der Waals surface area contributed by atoms with Crippen LogP contribution in [0, 0.1) is 0 Å². The van der Waals surface area contributed by atoms with Gasteiger partial charge in [-0.15, -0.1) is 0 Å². The van der Waals surface area contributed by atoms with Crippen LogP contribution in [0.4, 0.5) is 4.79 Å². The number of aromatic nitrogens is 1. The summed E-state index contributed by atoms with van der Waals surface area (Å²) < 4.78 is 0. The molecule has 1 saturated heterocycles. The number of carbonyl (C=O) groups excluding carboxylic acids is 1. The number of rotatable bonds is 3. The number of pyridine rings is 1. The summed E-state index contributed by atoms with van der Waals surface area (Å²) >= 11 is 0. The molecule has 1 aromatic carbocycles. The molecule has 0 aliphatic carbocycles. The first-order valence-electron chi connectivity index (χ1n) is 7.92. The van der Waals surface area contributed by atoms with Crippen LogP contribution in [0.15, 0.2) is 54.7 Å². The van der Waals surface area contributed by atoms with Crippen LogP contribution in [0.25, 0.3) is 0 Å². The van der Waals surface area contributed by atoms with Crippen LogP contribution in [0.1, 0.15) is 17.3 Å². The Balaban J connectivity index is 1.69. The molecule has 2 heterocycles. The van der Waals surface area contributed by atoms with Crippen LogP contribution in [0.5, 0.6) is 0 Å². The van der Waals surface area contributed by atoms with Gasteiger partial charge < -0.3 is 15.1 Å². The van der Waals surface area contributed by atoms with Gasteiger partial charge in [0.2, 0.25) is 0 Å². The fourth-order valence-electron chi connectivity index (χ4n) is 2.89. The summed E-state index contributed by atoms with van der Waals surface area (Å²) in [4.78, 5) is 21.1. The number of nitrogens with zero attached hydrogens (tertiary/aromatic N) is 3. The molecule has 2 aromatic rings. The molecule has 1 N–H and O–H groups in total. The van der Waals surface area contributed by atoms with Crippen molar-refractivity contribution in [1.29, 1.82) is 0 Å². The summed E-state index contributed by atoms with van der Waals surface area (Å²) in [5.74, 6) is 0. The number of hydrogen-bond acceptors (Lipinski definition) is 3. The van der Waals surface area contributed by atoms with Crippen LogP contribution in [-0.2, 0) is 6.54 Å². The van der Waals surface area contributed by atoms with Crippen LogP contribution in [0.3, 0.4) is 0 Å². The molecular formula is C18H22N4O. The molecule has 0 bridgehead atoms. The molecule has 5 heteroatoms. The third-order valence-corrected chi connectivity index (χ3v) is 4.18. The second-order valence-corrected chi connectivity index (χ2v) is 5.86. The Bertz CT molecular complexity index is 632. The summed E-state index contributed by atoms with van der Waals surface area (Å²) in [6, 6.07) is 16.0. The van der Waals surface area contributed by atoms with Crippen molar-refractivity contribution < 1.29 is 4.79 Å². The Morgan fingerprint density at radius 1 is 1.17 bits per heavy atom. The van der Waals surface area contributed by atoms with Crippen molar-refractivity contribution in [3.63, 3.8) is 0 Å². The zero-order valence-corrected chi connectivity index (χ0v) is 13.4. The Labute approximate surface area is 136 Å². The number of piperazine rings is 1. The summed E-state index contributed by atoms with van der Waals surface area (Å²) in [7, 11) is 2.10. The predicted octanol–water partition coefficient (Wildman–Crippen LogP) is 2.28. The van der Waals surface area contributed by atoms with Crippen molar-refractivity contribution in [1.82, 2.24) is 20.1 Å². The average molecular weight is 310 g/mol. The van der Waals surface area contributed by atoms with E-state index in [-0.39, 0.29) is 12.1 Å². The maximum Gasteiger partial charge on any atom is 0.318 e. The lowest BCUT2D eigenvalue weighted by molar-refractivity contribution is 0.108. The molecule has 0 spiro atoms. The Hall–Kier alpha value is -2.40. The van der Waals surface area contributed by atoms with E-state index in [0.29, 0.717) is 6.54 Å². The molecule has 0 radical (unpaired) electrons. The van der Waals surface area contributed by atoms with E-state index in [2.05, 4.69) is 34.4 Å². The molecule has 3 rings (SSSR count). The third-order valence-electron chi connectivity index (χ3n) is 4.18. The van der Waals surface area contributed by atoms with Gasteiger partial charge in [-0.25, -0.2) is 4.79 Å². The van der Waals surface area contributed by atoms with Gasteiger partial charge in [0.15, 0.2) is 0 Å². The highest BCUT2D eigenvalue weighted by atomic mass is 16.2. The number of carbonyl (C=O) groups is 1. The maximum atomic E-state index is 12.6. The second kappa shape index (κ2) is 7.24. The minimum Gasteiger partial charge on any atom is -0.332 e. The number of nitrogens with one attached hydrogen (secondary N) is 1. The number of likely N-dealkylation sites (N-methyl/N-ethyl adjacent to an activating group) is 1. The maximum absolute atomic E-state index is 12.6. The molecule has 5 nitrogen and oxygen atoms in total. The summed E-state index contributed by atoms with van der Waals surface area (Å²) in [5, 5.41) is 2.99. The molecule has 1 aliphatic heterocycles. The molecule has 2 amide bonds. The normalized spacial score (nSPS) is 18.7. The lowest BCUT2D eigenvalue weighted by Gasteiger charge is -2.40. The van der Waals surface area contributed by atoms with Gasteiger partial charge in [0.05, 0.1) is 18.3 Å². The summed E-state index contributed by atoms with van der Waals surface area (Å²) in [6.07, 6.45) is 1.74. The lowest BCUT2D eigenvalue weighted by Crippen LogP contribution is -2.52. The molecule has 0 saturated carbocycles. The first-order valence-corrected chi connectivity index (χ1v) is 7.92. The number of hydrogen-bond donors (Lipinski definition) is 1. The van der Waals surface area contributed by atoms with E-state index in [1.807, 2.05) is 41.3 Å².